The molecule has 0 spiro atoms. The highest BCUT2D eigenvalue weighted by Crippen LogP contribution is 2.14. The largest absolute Gasteiger partial charge is 0.338 e. The predicted octanol–water partition coefficient (Wildman–Crippen LogP) is 3.85. The number of rotatable bonds is 6. The Morgan fingerprint density at radius 1 is 1.00 bits per heavy atom. The number of urea groups is 1. The highest BCUT2D eigenvalue weighted by atomic mass is 35.5. The molecule has 2 aromatic carbocycles. The summed E-state index contributed by atoms with van der Waals surface area (Å²) in [6, 6.07) is 18.5. The number of halogens is 1. The van der Waals surface area contributed by atoms with Crippen LogP contribution in [0, 0.1) is 0 Å². The molecule has 0 aromatic heterocycles. The molecule has 1 saturated heterocycles. The molecular weight excluding hydrogens is 346 g/mol. The second-order valence-electron chi connectivity index (χ2n) is 6.81. The van der Waals surface area contributed by atoms with Crippen molar-refractivity contribution in [2.24, 2.45) is 0 Å². The average molecular weight is 372 g/mol. The Bertz CT molecular complexity index is 682. The molecule has 2 amide bonds. The standard InChI is InChI=1S/C21H26ClN3O/c22-19-8-6-17(7-9-19)10-13-23-21(26)24-20-11-14-25(15-12-20)16-18-4-2-1-3-5-18/h1-9,20H,10-16H2,(H2,23,24,26). The summed E-state index contributed by atoms with van der Waals surface area (Å²) in [7, 11) is 0. The van der Waals surface area contributed by atoms with Gasteiger partial charge in [0.15, 0.2) is 0 Å². The first kappa shape index (κ1) is 18.7. The molecule has 2 N–H and O–H groups in total. The molecule has 4 nitrogen and oxygen atoms in total. The number of likely N-dealkylation sites (tertiary alicyclic amines) is 1. The highest BCUT2D eigenvalue weighted by molar-refractivity contribution is 6.30. The van der Waals surface area contributed by atoms with E-state index in [1.165, 1.54) is 11.1 Å². The van der Waals surface area contributed by atoms with Crippen LogP contribution in [0.5, 0.6) is 0 Å². The van der Waals surface area contributed by atoms with Gasteiger partial charge in [-0.05, 0) is 42.5 Å². The van der Waals surface area contributed by atoms with E-state index in [4.69, 9.17) is 11.6 Å². The van der Waals surface area contributed by atoms with Gasteiger partial charge in [-0.3, -0.25) is 4.90 Å². The van der Waals surface area contributed by atoms with E-state index in [1.54, 1.807) is 0 Å². The van der Waals surface area contributed by atoms with Crippen LogP contribution in [0.4, 0.5) is 4.79 Å². The van der Waals surface area contributed by atoms with Gasteiger partial charge in [0.05, 0.1) is 0 Å². The van der Waals surface area contributed by atoms with Crippen LogP contribution in [0.25, 0.3) is 0 Å². The van der Waals surface area contributed by atoms with Crippen LogP contribution in [0.2, 0.25) is 5.02 Å². The van der Waals surface area contributed by atoms with Crippen LogP contribution < -0.4 is 10.6 Å². The van der Waals surface area contributed by atoms with Crippen LogP contribution in [-0.4, -0.2) is 36.6 Å². The van der Waals surface area contributed by atoms with Crippen molar-refractivity contribution in [2.45, 2.75) is 31.8 Å². The van der Waals surface area contributed by atoms with E-state index in [1.807, 2.05) is 30.3 Å². The van der Waals surface area contributed by atoms with Crippen LogP contribution >= 0.6 is 11.6 Å². The number of carbonyl (C=O) groups is 1. The highest BCUT2D eigenvalue weighted by Gasteiger charge is 2.20. The molecule has 0 unspecified atom stereocenters. The minimum Gasteiger partial charge on any atom is -0.338 e. The maximum Gasteiger partial charge on any atom is 0.315 e. The Hall–Kier alpha value is -2.04. The SMILES string of the molecule is O=C(NCCc1ccc(Cl)cc1)NC1CCN(Cc2ccccc2)CC1. The summed E-state index contributed by atoms with van der Waals surface area (Å²) in [4.78, 5) is 14.5. The van der Waals surface area contributed by atoms with Gasteiger partial charge in [-0.15, -0.1) is 0 Å². The number of nitrogens with zero attached hydrogens (tertiary/aromatic N) is 1. The molecule has 1 heterocycles. The van der Waals surface area contributed by atoms with Crippen LogP contribution in [-0.2, 0) is 13.0 Å². The topological polar surface area (TPSA) is 44.4 Å². The van der Waals surface area contributed by atoms with Crippen molar-refractivity contribution in [1.82, 2.24) is 15.5 Å². The number of carbonyl (C=O) groups excluding carboxylic acids is 1. The second kappa shape index (κ2) is 9.60. The lowest BCUT2D eigenvalue weighted by atomic mass is 10.0. The third kappa shape index (κ3) is 6.04. The van der Waals surface area contributed by atoms with Gasteiger partial charge in [-0.25, -0.2) is 4.79 Å². The monoisotopic (exact) mass is 371 g/mol. The Morgan fingerprint density at radius 2 is 1.69 bits per heavy atom. The molecule has 0 bridgehead atoms. The van der Waals surface area contributed by atoms with Gasteiger partial charge in [0.25, 0.3) is 0 Å². The maximum atomic E-state index is 12.1. The average Bonchev–Trinajstić information content (AvgIpc) is 2.66. The number of piperidine rings is 1. The molecular formula is C21H26ClN3O. The maximum absolute atomic E-state index is 12.1. The molecule has 5 heteroatoms. The normalized spacial score (nSPS) is 15.6. The van der Waals surface area contributed by atoms with E-state index < -0.39 is 0 Å². The number of amides is 2. The lowest BCUT2D eigenvalue weighted by Gasteiger charge is -2.32. The summed E-state index contributed by atoms with van der Waals surface area (Å²) < 4.78 is 0. The molecule has 26 heavy (non-hydrogen) atoms. The lowest BCUT2D eigenvalue weighted by Crippen LogP contribution is -2.48. The Morgan fingerprint density at radius 3 is 2.38 bits per heavy atom. The Kier molecular flexibility index (Phi) is 6.92. The van der Waals surface area contributed by atoms with Crippen LogP contribution in [0.15, 0.2) is 54.6 Å². The Balaban J connectivity index is 1.32. The van der Waals surface area contributed by atoms with Crippen molar-refractivity contribution in [3.63, 3.8) is 0 Å². The van der Waals surface area contributed by atoms with E-state index >= 15 is 0 Å². The number of nitrogens with one attached hydrogen (secondary N) is 2. The van der Waals surface area contributed by atoms with Crippen LogP contribution in [0.3, 0.4) is 0 Å². The van der Waals surface area contributed by atoms with Crippen LogP contribution in [0.1, 0.15) is 24.0 Å². The van der Waals surface area contributed by atoms with Crippen molar-refractivity contribution in [1.29, 1.82) is 0 Å². The molecule has 0 saturated carbocycles. The van der Waals surface area contributed by atoms with E-state index in [-0.39, 0.29) is 12.1 Å². The Labute approximate surface area is 160 Å². The third-order valence-electron chi connectivity index (χ3n) is 4.78. The van der Waals surface area contributed by atoms with E-state index in [9.17, 15) is 4.79 Å². The van der Waals surface area contributed by atoms with Gasteiger partial charge >= 0.3 is 6.03 Å². The quantitative estimate of drug-likeness (QED) is 0.810. The summed E-state index contributed by atoms with van der Waals surface area (Å²) in [5.74, 6) is 0. The van der Waals surface area contributed by atoms with Gasteiger partial charge < -0.3 is 10.6 Å². The van der Waals surface area contributed by atoms with Gasteiger partial charge in [0.1, 0.15) is 0 Å². The summed E-state index contributed by atoms with van der Waals surface area (Å²) >= 11 is 5.88. The van der Waals surface area contributed by atoms with Crippen molar-refractivity contribution in [3.05, 3.63) is 70.7 Å². The summed E-state index contributed by atoms with van der Waals surface area (Å²) in [6.07, 6.45) is 2.80. The van der Waals surface area contributed by atoms with E-state index in [0.29, 0.717) is 6.54 Å². The second-order valence-corrected chi connectivity index (χ2v) is 7.25. The summed E-state index contributed by atoms with van der Waals surface area (Å²) in [5, 5.41) is 6.78. The first-order valence-corrected chi connectivity index (χ1v) is 9.62. The molecule has 2 aromatic rings. The van der Waals surface area contributed by atoms with E-state index in [2.05, 4.69) is 39.8 Å². The fraction of sp³-hybridized carbons (Fsp3) is 0.381. The molecule has 138 valence electrons. The summed E-state index contributed by atoms with van der Waals surface area (Å²) in [5.41, 5.74) is 2.52. The van der Waals surface area contributed by atoms with Gasteiger partial charge in [-0.1, -0.05) is 54.1 Å². The number of benzene rings is 2. The lowest BCUT2D eigenvalue weighted by molar-refractivity contribution is 0.186. The zero-order valence-corrected chi connectivity index (χ0v) is 15.7. The fourth-order valence-corrected chi connectivity index (χ4v) is 3.41. The first-order chi connectivity index (χ1) is 12.7. The third-order valence-corrected chi connectivity index (χ3v) is 5.04. The molecule has 1 aliphatic heterocycles. The number of hydrogen-bond donors (Lipinski definition) is 2. The minimum absolute atomic E-state index is 0.0690. The molecule has 3 rings (SSSR count). The van der Waals surface area contributed by atoms with Crippen molar-refractivity contribution >= 4 is 17.6 Å². The van der Waals surface area contributed by atoms with Crippen molar-refractivity contribution < 1.29 is 4.79 Å². The molecule has 1 fully saturated rings. The smallest absolute Gasteiger partial charge is 0.315 e. The zero-order chi connectivity index (χ0) is 18.2. The van der Waals surface area contributed by atoms with Crippen molar-refractivity contribution in [2.75, 3.05) is 19.6 Å². The molecule has 0 aliphatic carbocycles. The van der Waals surface area contributed by atoms with Gasteiger partial charge in [0.2, 0.25) is 0 Å². The minimum atomic E-state index is -0.0690. The summed E-state index contributed by atoms with van der Waals surface area (Å²) in [6.45, 7) is 3.65. The predicted molar refractivity (Wildman–Crippen MR) is 106 cm³/mol. The zero-order valence-electron chi connectivity index (χ0n) is 15.0. The fourth-order valence-electron chi connectivity index (χ4n) is 3.28. The van der Waals surface area contributed by atoms with Gasteiger partial charge in [-0.2, -0.15) is 0 Å². The molecule has 0 radical (unpaired) electrons. The van der Waals surface area contributed by atoms with E-state index in [0.717, 1.165) is 43.9 Å². The van der Waals surface area contributed by atoms with Gasteiger partial charge in [0, 0.05) is 37.2 Å². The number of hydrogen-bond acceptors (Lipinski definition) is 2. The molecule has 1 aliphatic rings. The van der Waals surface area contributed by atoms with Crippen molar-refractivity contribution in [3.8, 4) is 0 Å². The molecule has 0 atom stereocenters. The first-order valence-electron chi connectivity index (χ1n) is 9.24.